The van der Waals surface area contributed by atoms with Crippen LogP contribution in [0.15, 0.2) is 70.4 Å². The molecule has 148 valence electrons. The number of halogens is 1. The van der Waals surface area contributed by atoms with Crippen molar-refractivity contribution >= 4 is 35.2 Å². The lowest BCUT2D eigenvalue weighted by Crippen LogP contribution is -2.24. The molecule has 1 heterocycles. The number of benzene rings is 2. The van der Waals surface area contributed by atoms with Crippen molar-refractivity contribution in [1.82, 2.24) is 5.43 Å². The molecule has 0 aliphatic heterocycles. The summed E-state index contributed by atoms with van der Waals surface area (Å²) >= 11 is 5.07. The van der Waals surface area contributed by atoms with E-state index < -0.39 is 11.8 Å². The van der Waals surface area contributed by atoms with Gasteiger partial charge in [0.15, 0.2) is 16.6 Å². The number of ether oxygens (including phenoxy) is 2. The van der Waals surface area contributed by atoms with Gasteiger partial charge in [-0.2, -0.15) is 5.10 Å². The molecular weight excluding hydrogens is 397 g/mol. The third-order valence-corrected chi connectivity index (χ3v) is 3.81. The lowest BCUT2D eigenvalue weighted by molar-refractivity contribution is 0.0696. The number of thiocarbonyl (C=S) groups is 1. The summed E-state index contributed by atoms with van der Waals surface area (Å²) in [6.07, 6.45) is 2.86. The number of para-hydroxylation sites is 1. The Hall–Kier alpha value is -3.72. The molecule has 29 heavy (non-hydrogen) atoms. The molecule has 0 unspecified atom stereocenters. The van der Waals surface area contributed by atoms with Gasteiger partial charge in [0.1, 0.15) is 5.82 Å². The van der Waals surface area contributed by atoms with Gasteiger partial charge in [0.2, 0.25) is 5.76 Å². The Balaban J connectivity index is 1.61. The minimum atomic E-state index is -0.638. The normalized spacial score (nSPS) is 10.6. The van der Waals surface area contributed by atoms with Gasteiger partial charge in [-0.25, -0.2) is 9.18 Å². The fourth-order valence-corrected chi connectivity index (χ4v) is 2.43. The maximum absolute atomic E-state index is 13.6. The van der Waals surface area contributed by atoms with Crippen LogP contribution in [0.1, 0.15) is 16.1 Å². The first-order valence-corrected chi connectivity index (χ1v) is 8.76. The molecule has 9 heteroatoms. The molecule has 0 fully saturated rings. The summed E-state index contributed by atoms with van der Waals surface area (Å²) in [6.45, 7) is 0. The summed E-state index contributed by atoms with van der Waals surface area (Å²) in [4.78, 5) is 12.0. The van der Waals surface area contributed by atoms with Crippen molar-refractivity contribution in [2.24, 2.45) is 5.10 Å². The van der Waals surface area contributed by atoms with E-state index in [-0.39, 0.29) is 22.3 Å². The average Bonchev–Trinajstić information content (AvgIpc) is 3.26. The van der Waals surface area contributed by atoms with Crippen LogP contribution in [0.3, 0.4) is 0 Å². The summed E-state index contributed by atoms with van der Waals surface area (Å²) < 4.78 is 29.1. The Kier molecular flexibility index (Phi) is 6.54. The first-order chi connectivity index (χ1) is 14.1. The summed E-state index contributed by atoms with van der Waals surface area (Å²) in [5.74, 6) is -0.416. The van der Waals surface area contributed by atoms with Gasteiger partial charge in [0.25, 0.3) is 0 Å². The molecule has 0 aliphatic rings. The fraction of sp³-hybridized carbons (Fsp3) is 0.0500. The zero-order valence-electron chi connectivity index (χ0n) is 15.2. The summed E-state index contributed by atoms with van der Waals surface area (Å²) in [7, 11) is 1.45. The van der Waals surface area contributed by atoms with Crippen molar-refractivity contribution in [3.63, 3.8) is 0 Å². The van der Waals surface area contributed by atoms with Crippen LogP contribution in [0, 0.1) is 5.82 Å². The second kappa shape index (κ2) is 9.47. The van der Waals surface area contributed by atoms with Gasteiger partial charge in [-0.15, -0.1) is 0 Å². The average molecular weight is 413 g/mol. The zero-order valence-corrected chi connectivity index (χ0v) is 16.0. The van der Waals surface area contributed by atoms with Crippen LogP contribution in [0.25, 0.3) is 0 Å². The molecule has 0 amide bonds. The number of hydrogen-bond acceptors (Lipinski definition) is 6. The molecule has 0 saturated carbocycles. The molecule has 7 nitrogen and oxygen atoms in total. The Morgan fingerprint density at radius 3 is 2.72 bits per heavy atom. The molecule has 0 spiro atoms. The van der Waals surface area contributed by atoms with Crippen LogP contribution >= 0.6 is 12.2 Å². The predicted molar refractivity (Wildman–Crippen MR) is 110 cm³/mol. The highest BCUT2D eigenvalue weighted by atomic mass is 32.1. The number of methoxy groups -OCH3 is 1. The van der Waals surface area contributed by atoms with E-state index in [4.69, 9.17) is 26.1 Å². The topological polar surface area (TPSA) is 85.1 Å². The van der Waals surface area contributed by atoms with Crippen molar-refractivity contribution in [2.75, 3.05) is 12.4 Å². The van der Waals surface area contributed by atoms with Crippen LogP contribution in [0.2, 0.25) is 0 Å². The van der Waals surface area contributed by atoms with Gasteiger partial charge in [0.05, 0.1) is 25.3 Å². The van der Waals surface area contributed by atoms with Crippen LogP contribution < -0.4 is 20.2 Å². The van der Waals surface area contributed by atoms with Crippen molar-refractivity contribution < 1.29 is 23.1 Å². The largest absolute Gasteiger partial charge is 0.493 e. The monoisotopic (exact) mass is 413 g/mol. The second-order valence-electron chi connectivity index (χ2n) is 5.58. The van der Waals surface area contributed by atoms with Gasteiger partial charge in [-0.3, -0.25) is 5.43 Å². The Morgan fingerprint density at radius 1 is 1.17 bits per heavy atom. The number of hydrazone groups is 1. The van der Waals surface area contributed by atoms with E-state index >= 15 is 0 Å². The number of nitrogens with one attached hydrogen (secondary N) is 2. The van der Waals surface area contributed by atoms with E-state index in [1.165, 1.54) is 31.7 Å². The maximum atomic E-state index is 13.6. The first-order valence-electron chi connectivity index (χ1n) is 8.35. The van der Waals surface area contributed by atoms with Crippen molar-refractivity contribution in [3.05, 3.63) is 78.0 Å². The lowest BCUT2D eigenvalue weighted by Gasteiger charge is -2.09. The first kappa shape index (κ1) is 20.0. The van der Waals surface area contributed by atoms with E-state index in [2.05, 4.69) is 15.8 Å². The Bertz CT molecular complexity index is 1040. The Labute approximate surface area is 171 Å². The molecule has 2 N–H and O–H groups in total. The Morgan fingerprint density at radius 2 is 2.00 bits per heavy atom. The SMILES string of the molecule is COc1cc(/C=N\NC(=S)Nc2ccccc2F)ccc1OC(=O)c1ccco1. The van der Waals surface area contributed by atoms with E-state index in [0.29, 0.717) is 11.3 Å². The van der Waals surface area contributed by atoms with Crippen molar-refractivity contribution in [1.29, 1.82) is 0 Å². The van der Waals surface area contributed by atoms with E-state index in [9.17, 15) is 9.18 Å². The van der Waals surface area contributed by atoms with Gasteiger partial charge in [-0.05, 0) is 60.2 Å². The number of carbonyl (C=O) groups is 1. The highest BCUT2D eigenvalue weighted by molar-refractivity contribution is 7.80. The minimum absolute atomic E-state index is 0.0813. The number of rotatable bonds is 6. The van der Waals surface area contributed by atoms with Crippen LogP contribution in [-0.4, -0.2) is 24.4 Å². The molecular formula is C20H16FN3O4S. The molecule has 1 aromatic heterocycles. The molecule has 3 rings (SSSR count). The molecule has 0 aliphatic carbocycles. The summed E-state index contributed by atoms with van der Waals surface area (Å²) in [6, 6.07) is 14.1. The third kappa shape index (κ3) is 5.39. The smallest absolute Gasteiger partial charge is 0.379 e. The van der Waals surface area contributed by atoms with Crippen molar-refractivity contribution in [3.8, 4) is 11.5 Å². The van der Waals surface area contributed by atoms with Crippen LogP contribution in [0.5, 0.6) is 11.5 Å². The van der Waals surface area contributed by atoms with Gasteiger partial charge >= 0.3 is 5.97 Å². The maximum Gasteiger partial charge on any atom is 0.379 e. The van der Waals surface area contributed by atoms with Gasteiger partial charge in [0, 0.05) is 0 Å². The number of furan rings is 1. The van der Waals surface area contributed by atoms with Crippen LogP contribution in [0.4, 0.5) is 10.1 Å². The van der Waals surface area contributed by atoms with Gasteiger partial charge < -0.3 is 19.2 Å². The molecule has 0 radical (unpaired) electrons. The molecule has 0 bridgehead atoms. The van der Waals surface area contributed by atoms with Crippen molar-refractivity contribution in [2.45, 2.75) is 0 Å². The molecule has 3 aromatic rings. The van der Waals surface area contributed by atoms with Crippen LogP contribution in [-0.2, 0) is 0 Å². The third-order valence-electron chi connectivity index (χ3n) is 3.61. The molecule has 2 aromatic carbocycles. The van der Waals surface area contributed by atoms with E-state index in [1.807, 2.05) is 0 Å². The van der Waals surface area contributed by atoms with Gasteiger partial charge in [-0.1, -0.05) is 12.1 Å². The summed E-state index contributed by atoms with van der Waals surface area (Å²) in [5, 5.41) is 6.83. The van der Waals surface area contributed by atoms with E-state index in [1.54, 1.807) is 42.5 Å². The quantitative estimate of drug-likeness (QED) is 0.208. The highest BCUT2D eigenvalue weighted by Gasteiger charge is 2.14. The molecule has 0 saturated heterocycles. The number of nitrogens with zero attached hydrogens (tertiary/aromatic N) is 1. The predicted octanol–water partition coefficient (Wildman–Crippen LogP) is 3.97. The standard InChI is InChI=1S/C20H16FN3O4S/c1-26-18-11-13(8-9-16(18)28-19(25)17-7-4-10-27-17)12-22-24-20(29)23-15-6-3-2-5-14(15)21/h2-12H,1H3,(H2,23,24,29)/b22-12-. The lowest BCUT2D eigenvalue weighted by atomic mass is 10.2. The summed E-state index contributed by atoms with van der Waals surface area (Å²) in [5.41, 5.74) is 3.49. The number of hydrogen-bond donors (Lipinski definition) is 2. The molecule has 0 atom stereocenters. The number of carbonyl (C=O) groups excluding carboxylic acids is 1. The fourth-order valence-electron chi connectivity index (χ4n) is 2.27. The highest BCUT2D eigenvalue weighted by Crippen LogP contribution is 2.28. The van der Waals surface area contributed by atoms with E-state index in [0.717, 1.165) is 0 Å². The zero-order chi connectivity index (χ0) is 20.6. The minimum Gasteiger partial charge on any atom is -0.493 e. The number of anilines is 1. The second-order valence-corrected chi connectivity index (χ2v) is 5.99. The number of esters is 1.